The molecule has 0 bridgehead atoms. The van der Waals surface area contributed by atoms with Crippen molar-refractivity contribution >= 4 is 16.7 Å². The number of aryl methyl sites for hydroxylation is 2. The van der Waals surface area contributed by atoms with E-state index in [1.807, 2.05) is 19.1 Å². The summed E-state index contributed by atoms with van der Waals surface area (Å²) in [7, 11) is 0. The second kappa shape index (κ2) is 7.31. The SMILES string of the molecule is Cc1ccc(C(C)NC(=O)CCc2cccc3ccccc23)cc1. The van der Waals surface area contributed by atoms with Crippen LogP contribution in [0, 0.1) is 6.92 Å². The summed E-state index contributed by atoms with van der Waals surface area (Å²) in [4.78, 5) is 12.3. The molecule has 1 atom stereocenters. The number of benzene rings is 3. The molecule has 3 aromatic rings. The topological polar surface area (TPSA) is 29.1 Å². The third-order valence-corrected chi connectivity index (χ3v) is 4.46. The van der Waals surface area contributed by atoms with Gasteiger partial charge in [-0.25, -0.2) is 0 Å². The molecular weight excluding hydrogens is 294 g/mol. The maximum Gasteiger partial charge on any atom is 0.220 e. The molecule has 1 unspecified atom stereocenters. The number of hydrogen-bond donors (Lipinski definition) is 1. The monoisotopic (exact) mass is 317 g/mol. The van der Waals surface area contributed by atoms with Gasteiger partial charge in [0.25, 0.3) is 0 Å². The number of carbonyl (C=O) groups is 1. The van der Waals surface area contributed by atoms with Crippen molar-refractivity contribution in [2.24, 2.45) is 0 Å². The smallest absolute Gasteiger partial charge is 0.220 e. The Bertz CT molecular complexity index is 831. The fourth-order valence-electron chi connectivity index (χ4n) is 3.01. The average Bonchev–Trinajstić information content (AvgIpc) is 2.60. The molecule has 0 fully saturated rings. The Balaban J connectivity index is 1.62. The van der Waals surface area contributed by atoms with Crippen molar-refractivity contribution in [3.63, 3.8) is 0 Å². The largest absolute Gasteiger partial charge is 0.350 e. The Morgan fingerprint density at radius 3 is 2.46 bits per heavy atom. The molecule has 0 aliphatic heterocycles. The van der Waals surface area contributed by atoms with Gasteiger partial charge in [0.05, 0.1) is 6.04 Å². The summed E-state index contributed by atoms with van der Waals surface area (Å²) in [6.07, 6.45) is 1.26. The first-order valence-corrected chi connectivity index (χ1v) is 8.46. The summed E-state index contributed by atoms with van der Waals surface area (Å²) in [6, 6.07) is 22.9. The molecule has 0 spiro atoms. The lowest BCUT2D eigenvalue weighted by molar-refractivity contribution is -0.121. The van der Waals surface area contributed by atoms with Gasteiger partial charge in [0.15, 0.2) is 0 Å². The molecular formula is C22H23NO. The van der Waals surface area contributed by atoms with E-state index in [2.05, 4.69) is 66.8 Å². The van der Waals surface area contributed by atoms with Crippen LogP contribution in [0.3, 0.4) is 0 Å². The lowest BCUT2D eigenvalue weighted by Crippen LogP contribution is -2.26. The molecule has 122 valence electrons. The quantitative estimate of drug-likeness (QED) is 0.708. The van der Waals surface area contributed by atoms with Gasteiger partial charge in [-0.15, -0.1) is 0 Å². The van der Waals surface area contributed by atoms with Crippen molar-refractivity contribution in [3.05, 3.63) is 83.4 Å². The lowest BCUT2D eigenvalue weighted by atomic mass is 10.0. The fourth-order valence-corrected chi connectivity index (χ4v) is 3.01. The minimum absolute atomic E-state index is 0.0330. The number of carbonyl (C=O) groups excluding carboxylic acids is 1. The number of hydrogen-bond acceptors (Lipinski definition) is 1. The summed E-state index contributed by atoms with van der Waals surface area (Å²) in [5, 5.41) is 5.56. The van der Waals surface area contributed by atoms with Crippen LogP contribution in [0.4, 0.5) is 0 Å². The molecule has 1 amide bonds. The lowest BCUT2D eigenvalue weighted by Gasteiger charge is -2.15. The normalized spacial score (nSPS) is 12.1. The van der Waals surface area contributed by atoms with Crippen LogP contribution in [0.2, 0.25) is 0 Å². The zero-order valence-corrected chi connectivity index (χ0v) is 14.3. The van der Waals surface area contributed by atoms with E-state index in [4.69, 9.17) is 0 Å². The van der Waals surface area contributed by atoms with Gasteiger partial charge < -0.3 is 5.32 Å². The molecule has 0 heterocycles. The highest BCUT2D eigenvalue weighted by Crippen LogP contribution is 2.20. The van der Waals surface area contributed by atoms with Gasteiger partial charge in [0.2, 0.25) is 5.91 Å². The minimum Gasteiger partial charge on any atom is -0.350 e. The molecule has 0 aliphatic carbocycles. The van der Waals surface area contributed by atoms with Crippen molar-refractivity contribution in [3.8, 4) is 0 Å². The van der Waals surface area contributed by atoms with Gasteiger partial charge in [0, 0.05) is 6.42 Å². The van der Waals surface area contributed by atoms with E-state index < -0.39 is 0 Å². The van der Waals surface area contributed by atoms with Crippen molar-refractivity contribution in [1.82, 2.24) is 5.32 Å². The van der Waals surface area contributed by atoms with Crippen molar-refractivity contribution in [1.29, 1.82) is 0 Å². The van der Waals surface area contributed by atoms with Gasteiger partial charge >= 0.3 is 0 Å². The summed E-state index contributed by atoms with van der Waals surface area (Å²) in [6.45, 7) is 4.09. The van der Waals surface area contributed by atoms with E-state index in [1.54, 1.807) is 0 Å². The molecule has 24 heavy (non-hydrogen) atoms. The first-order chi connectivity index (χ1) is 11.6. The Labute approximate surface area is 143 Å². The van der Waals surface area contributed by atoms with Crippen molar-refractivity contribution in [2.45, 2.75) is 32.7 Å². The number of fused-ring (bicyclic) bond motifs is 1. The molecule has 0 saturated heterocycles. The van der Waals surface area contributed by atoms with Crippen LogP contribution in [0.1, 0.15) is 36.1 Å². The molecule has 2 nitrogen and oxygen atoms in total. The Morgan fingerprint density at radius 1 is 0.958 bits per heavy atom. The van der Waals surface area contributed by atoms with Crippen molar-refractivity contribution in [2.75, 3.05) is 0 Å². The molecule has 1 N–H and O–H groups in total. The van der Waals surface area contributed by atoms with Gasteiger partial charge in [-0.2, -0.15) is 0 Å². The third-order valence-electron chi connectivity index (χ3n) is 4.46. The fraction of sp³-hybridized carbons (Fsp3) is 0.227. The van der Waals surface area contributed by atoms with Gasteiger partial charge in [-0.1, -0.05) is 72.3 Å². The summed E-state index contributed by atoms with van der Waals surface area (Å²) in [5.41, 5.74) is 3.60. The maximum atomic E-state index is 12.3. The molecule has 0 aliphatic rings. The van der Waals surface area contributed by atoms with E-state index in [0.717, 1.165) is 12.0 Å². The molecule has 3 aromatic carbocycles. The zero-order valence-electron chi connectivity index (χ0n) is 14.3. The Kier molecular flexibility index (Phi) is 4.95. The van der Waals surface area contributed by atoms with E-state index in [1.165, 1.54) is 21.9 Å². The summed E-state index contributed by atoms with van der Waals surface area (Å²) >= 11 is 0. The standard InChI is InChI=1S/C22H23NO/c1-16-10-12-18(13-11-16)17(2)23-22(24)15-14-20-8-5-7-19-6-3-4-9-21(19)20/h3-13,17H,14-15H2,1-2H3,(H,23,24). The van der Waals surface area contributed by atoms with Crippen LogP contribution in [-0.2, 0) is 11.2 Å². The van der Waals surface area contributed by atoms with Gasteiger partial charge in [0.1, 0.15) is 0 Å². The first kappa shape index (κ1) is 16.3. The predicted octanol–water partition coefficient (Wildman–Crippen LogP) is 4.96. The zero-order chi connectivity index (χ0) is 16.9. The molecule has 0 radical (unpaired) electrons. The van der Waals surface area contributed by atoms with E-state index in [-0.39, 0.29) is 11.9 Å². The Morgan fingerprint density at radius 2 is 1.67 bits per heavy atom. The number of rotatable bonds is 5. The maximum absolute atomic E-state index is 12.3. The summed E-state index contributed by atoms with van der Waals surface area (Å²) < 4.78 is 0. The second-order valence-corrected chi connectivity index (χ2v) is 6.34. The highest BCUT2D eigenvalue weighted by Gasteiger charge is 2.10. The molecule has 3 rings (SSSR count). The van der Waals surface area contributed by atoms with E-state index in [0.29, 0.717) is 6.42 Å². The average molecular weight is 317 g/mol. The highest BCUT2D eigenvalue weighted by atomic mass is 16.1. The molecule has 0 aromatic heterocycles. The third kappa shape index (κ3) is 3.83. The van der Waals surface area contributed by atoms with Gasteiger partial charge in [-0.3, -0.25) is 4.79 Å². The van der Waals surface area contributed by atoms with E-state index >= 15 is 0 Å². The Hall–Kier alpha value is -2.61. The van der Waals surface area contributed by atoms with Gasteiger partial charge in [-0.05, 0) is 42.2 Å². The van der Waals surface area contributed by atoms with Crippen LogP contribution >= 0.6 is 0 Å². The first-order valence-electron chi connectivity index (χ1n) is 8.46. The summed E-state index contributed by atoms with van der Waals surface area (Å²) in [5.74, 6) is 0.0935. The minimum atomic E-state index is 0.0330. The van der Waals surface area contributed by atoms with Crippen LogP contribution < -0.4 is 5.32 Å². The molecule has 2 heteroatoms. The van der Waals surface area contributed by atoms with Crippen molar-refractivity contribution < 1.29 is 4.79 Å². The van der Waals surface area contributed by atoms with Crippen LogP contribution in [0.5, 0.6) is 0 Å². The highest BCUT2D eigenvalue weighted by molar-refractivity contribution is 5.86. The van der Waals surface area contributed by atoms with Crippen LogP contribution in [0.15, 0.2) is 66.7 Å². The van der Waals surface area contributed by atoms with Crippen LogP contribution in [-0.4, -0.2) is 5.91 Å². The number of amides is 1. The van der Waals surface area contributed by atoms with E-state index in [9.17, 15) is 4.79 Å². The second-order valence-electron chi connectivity index (χ2n) is 6.34. The van der Waals surface area contributed by atoms with Crippen LogP contribution in [0.25, 0.3) is 10.8 Å². The number of nitrogens with one attached hydrogen (secondary N) is 1. The molecule has 0 saturated carbocycles. The predicted molar refractivity (Wildman–Crippen MR) is 100 cm³/mol.